The Labute approximate surface area is 86.3 Å². The van der Waals surface area contributed by atoms with Gasteiger partial charge in [0.05, 0.1) is 0 Å². The van der Waals surface area contributed by atoms with E-state index in [1.54, 1.807) is 11.1 Å². The molecule has 0 radical (unpaired) electrons. The molecule has 1 unspecified atom stereocenters. The monoisotopic (exact) mass is 189 g/mol. The second-order valence-corrected chi connectivity index (χ2v) is 4.50. The minimum absolute atomic E-state index is 0.325. The van der Waals surface area contributed by atoms with Crippen molar-refractivity contribution in [1.29, 1.82) is 0 Å². The molecule has 0 aromatic heterocycles. The second kappa shape index (κ2) is 4.14. The van der Waals surface area contributed by atoms with Gasteiger partial charge in [0, 0.05) is 6.04 Å². The van der Waals surface area contributed by atoms with Gasteiger partial charge in [0.1, 0.15) is 0 Å². The summed E-state index contributed by atoms with van der Waals surface area (Å²) in [5, 5.41) is 0. The first-order valence-corrected chi connectivity index (χ1v) is 5.61. The number of rotatable bonds is 2. The summed E-state index contributed by atoms with van der Waals surface area (Å²) in [6.45, 7) is 2.11. The lowest BCUT2D eigenvalue weighted by molar-refractivity contribution is 0.483. The Morgan fingerprint density at radius 3 is 3.00 bits per heavy atom. The molecule has 1 aliphatic carbocycles. The van der Waals surface area contributed by atoms with E-state index in [1.807, 2.05) is 0 Å². The zero-order valence-corrected chi connectivity index (χ0v) is 8.87. The SMILES string of the molecule is C[C@@H](N)CC1CCCc2ccccc21. The molecule has 0 spiro atoms. The smallest absolute Gasteiger partial charge is 0.00163 e. The molecule has 0 heterocycles. The molecule has 76 valence electrons. The molecule has 0 fully saturated rings. The average Bonchev–Trinajstić information content (AvgIpc) is 2.18. The highest BCUT2D eigenvalue weighted by atomic mass is 14.6. The summed E-state index contributed by atoms with van der Waals surface area (Å²) in [5.74, 6) is 0.708. The van der Waals surface area contributed by atoms with E-state index in [2.05, 4.69) is 31.2 Å². The molecule has 1 aliphatic rings. The van der Waals surface area contributed by atoms with Crippen LogP contribution in [0, 0.1) is 0 Å². The fourth-order valence-electron chi connectivity index (χ4n) is 2.55. The highest BCUT2D eigenvalue weighted by molar-refractivity contribution is 5.32. The molecule has 2 N–H and O–H groups in total. The molecular weight excluding hydrogens is 170 g/mol. The third-order valence-electron chi connectivity index (χ3n) is 3.15. The van der Waals surface area contributed by atoms with Crippen molar-refractivity contribution in [3.8, 4) is 0 Å². The molecule has 1 aromatic rings. The molecule has 2 atom stereocenters. The van der Waals surface area contributed by atoms with Crippen LogP contribution in [0.4, 0.5) is 0 Å². The number of nitrogens with two attached hydrogens (primary N) is 1. The summed E-state index contributed by atoms with van der Waals surface area (Å²) in [6.07, 6.45) is 5.04. The molecule has 0 aliphatic heterocycles. The van der Waals surface area contributed by atoms with Crippen LogP contribution < -0.4 is 5.73 Å². The quantitative estimate of drug-likeness (QED) is 0.760. The molecule has 1 heteroatoms. The first-order valence-electron chi connectivity index (χ1n) is 5.61. The van der Waals surface area contributed by atoms with Gasteiger partial charge in [-0.05, 0) is 49.7 Å². The Morgan fingerprint density at radius 2 is 2.21 bits per heavy atom. The molecule has 1 aromatic carbocycles. The van der Waals surface area contributed by atoms with Crippen molar-refractivity contribution in [2.75, 3.05) is 0 Å². The van der Waals surface area contributed by atoms with E-state index in [0.29, 0.717) is 12.0 Å². The Morgan fingerprint density at radius 1 is 1.43 bits per heavy atom. The maximum atomic E-state index is 5.88. The molecular formula is C13H19N. The number of aryl methyl sites for hydroxylation is 1. The van der Waals surface area contributed by atoms with Crippen molar-refractivity contribution >= 4 is 0 Å². The molecule has 0 amide bonds. The van der Waals surface area contributed by atoms with Crippen molar-refractivity contribution in [3.63, 3.8) is 0 Å². The van der Waals surface area contributed by atoms with E-state index in [-0.39, 0.29) is 0 Å². The fraction of sp³-hybridized carbons (Fsp3) is 0.538. The van der Waals surface area contributed by atoms with Gasteiger partial charge in [-0.15, -0.1) is 0 Å². The van der Waals surface area contributed by atoms with Crippen LogP contribution >= 0.6 is 0 Å². The highest BCUT2D eigenvalue weighted by Gasteiger charge is 2.20. The van der Waals surface area contributed by atoms with E-state index < -0.39 is 0 Å². The Bertz CT molecular complexity index is 304. The average molecular weight is 189 g/mol. The predicted molar refractivity (Wildman–Crippen MR) is 60.4 cm³/mol. The van der Waals surface area contributed by atoms with Crippen LogP contribution in [0.25, 0.3) is 0 Å². The third-order valence-corrected chi connectivity index (χ3v) is 3.15. The molecule has 1 nitrogen and oxygen atoms in total. The zero-order chi connectivity index (χ0) is 9.97. The third kappa shape index (κ3) is 1.98. The van der Waals surface area contributed by atoms with Crippen molar-refractivity contribution in [2.24, 2.45) is 5.73 Å². The summed E-state index contributed by atoms with van der Waals surface area (Å²) in [7, 11) is 0. The van der Waals surface area contributed by atoms with Crippen LogP contribution in [0.2, 0.25) is 0 Å². The maximum absolute atomic E-state index is 5.88. The van der Waals surface area contributed by atoms with Gasteiger partial charge in [0.25, 0.3) is 0 Å². The van der Waals surface area contributed by atoms with Crippen LogP contribution in [0.3, 0.4) is 0 Å². The van der Waals surface area contributed by atoms with Crippen LogP contribution in [-0.2, 0) is 6.42 Å². The van der Waals surface area contributed by atoms with Crippen molar-refractivity contribution in [3.05, 3.63) is 35.4 Å². The largest absolute Gasteiger partial charge is 0.328 e. The standard InChI is InChI=1S/C13H19N/c1-10(14)9-12-7-4-6-11-5-2-3-8-13(11)12/h2-3,5,8,10,12H,4,6-7,9,14H2,1H3/t10-,12?/m1/s1. The van der Waals surface area contributed by atoms with Crippen LogP contribution in [0.5, 0.6) is 0 Å². The normalized spacial score (nSPS) is 22.9. The molecule has 0 saturated carbocycles. The molecule has 0 saturated heterocycles. The van der Waals surface area contributed by atoms with Gasteiger partial charge in [0.15, 0.2) is 0 Å². The second-order valence-electron chi connectivity index (χ2n) is 4.50. The van der Waals surface area contributed by atoms with E-state index in [9.17, 15) is 0 Å². The van der Waals surface area contributed by atoms with Gasteiger partial charge in [0.2, 0.25) is 0 Å². The zero-order valence-electron chi connectivity index (χ0n) is 8.87. The van der Waals surface area contributed by atoms with Crippen LogP contribution in [-0.4, -0.2) is 6.04 Å². The van der Waals surface area contributed by atoms with E-state index in [4.69, 9.17) is 5.73 Å². The van der Waals surface area contributed by atoms with E-state index in [1.165, 1.54) is 19.3 Å². The predicted octanol–water partition coefficient (Wildman–Crippen LogP) is 2.84. The first kappa shape index (κ1) is 9.72. The summed E-state index contributed by atoms with van der Waals surface area (Å²) in [4.78, 5) is 0. The summed E-state index contributed by atoms with van der Waals surface area (Å²) in [5.41, 5.74) is 8.98. The fourth-order valence-corrected chi connectivity index (χ4v) is 2.55. The Balaban J connectivity index is 2.22. The Kier molecular flexibility index (Phi) is 2.87. The van der Waals surface area contributed by atoms with Gasteiger partial charge < -0.3 is 5.73 Å². The number of hydrogen-bond donors (Lipinski definition) is 1. The first-order chi connectivity index (χ1) is 6.77. The van der Waals surface area contributed by atoms with Gasteiger partial charge in [-0.25, -0.2) is 0 Å². The number of fused-ring (bicyclic) bond motifs is 1. The minimum Gasteiger partial charge on any atom is -0.328 e. The highest BCUT2D eigenvalue weighted by Crippen LogP contribution is 2.34. The Hall–Kier alpha value is -0.820. The van der Waals surface area contributed by atoms with Crippen molar-refractivity contribution in [1.82, 2.24) is 0 Å². The van der Waals surface area contributed by atoms with E-state index >= 15 is 0 Å². The van der Waals surface area contributed by atoms with Crippen LogP contribution in [0.1, 0.15) is 43.2 Å². The van der Waals surface area contributed by atoms with Gasteiger partial charge in [-0.3, -0.25) is 0 Å². The van der Waals surface area contributed by atoms with Crippen molar-refractivity contribution in [2.45, 2.75) is 44.6 Å². The lowest BCUT2D eigenvalue weighted by atomic mass is 9.80. The lowest BCUT2D eigenvalue weighted by Gasteiger charge is -2.26. The molecule has 14 heavy (non-hydrogen) atoms. The van der Waals surface area contributed by atoms with Crippen molar-refractivity contribution < 1.29 is 0 Å². The topological polar surface area (TPSA) is 26.0 Å². The maximum Gasteiger partial charge on any atom is 0.00163 e. The minimum atomic E-state index is 0.325. The summed E-state index contributed by atoms with van der Waals surface area (Å²) < 4.78 is 0. The van der Waals surface area contributed by atoms with Gasteiger partial charge >= 0.3 is 0 Å². The van der Waals surface area contributed by atoms with Crippen LogP contribution in [0.15, 0.2) is 24.3 Å². The summed E-state index contributed by atoms with van der Waals surface area (Å²) in [6, 6.07) is 9.17. The summed E-state index contributed by atoms with van der Waals surface area (Å²) >= 11 is 0. The number of hydrogen-bond acceptors (Lipinski definition) is 1. The molecule has 2 rings (SSSR count). The van der Waals surface area contributed by atoms with Gasteiger partial charge in [-0.1, -0.05) is 24.3 Å². The number of benzene rings is 1. The van der Waals surface area contributed by atoms with E-state index in [0.717, 1.165) is 6.42 Å². The lowest BCUT2D eigenvalue weighted by Crippen LogP contribution is -2.21. The molecule has 0 bridgehead atoms. The van der Waals surface area contributed by atoms with Gasteiger partial charge in [-0.2, -0.15) is 0 Å².